The van der Waals surface area contributed by atoms with Gasteiger partial charge in [-0.05, 0) is 43.0 Å². The summed E-state index contributed by atoms with van der Waals surface area (Å²) >= 11 is 1.63. The maximum Gasteiger partial charge on any atom is 0.185 e. The largest absolute Gasteiger partial charge is 0.493 e. The lowest BCUT2D eigenvalue weighted by molar-refractivity contribution is 0.354. The van der Waals surface area contributed by atoms with Gasteiger partial charge in [0, 0.05) is 31.0 Å². The van der Waals surface area contributed by atoms with Crippen molar-refractivity contribution in [3.63, 3.8) is 0 Å². The van der Waals surface area contributed by atoms with Crippen molar-refractivity contribution in [3.05, 3.63) is 64.7 Å². The number of hydrogen-bond donors (Lipinski definition) is 0. The second-order valence-corrected chi connectivity index (χ2v) is 11.0. The Morgan fingerprint density at radius 2 is 1.78 bits per heavy atom. The van der Waals surface area contributed by atoms with Crippen LogP contribution in [0.2, 0.25) is 0 Å². The molecule has 0 bridgehead atoms. The molecule has 1 aliphatic rings. The van der Waals surface area contributed by atoms with Gasteiger partial charge in [-0.3, -0.25) is 0 Å². The van der Waals surface area contributed by atoms with Gasteiger partial charge in [0.25, 0.3) is 0 Å². The minimum atomic E-state index is -3.44. The van der Waals surface area contributed by atoms with E-state index < -0.39 is 15.1 Å². The first-order valence-corrected chi connectivity index (χ1v) is 13.0. The number of piperidine rings is 1. The van der Waals surface area contributed by atoms with Crippen LogP contribution in [-0.2, 0) is 16.3 Å². The van der Waals surface area contributed by atoms with Gasteiger partial charge >= 0.3 is 0 Å². The third-order valence-electron chi connectivity index (χ3n) is 6.01. The molecular formula is C24H28N2O4S2. The number of benzene rings is 2. The topological polar surface area (TPSA) is 68.7 Å². The molecule has 3 aromatic rings. The predicted molar refractivity (Wildman–Crippen MR) is 128 cm³/mol. The summed E-state index contributed by atoms with van der Waals surface area (Å²) in [7, 11) is -0.402. The number of methoxy groups -OCH3 is 2. The molecule has 32 heavy (non-hydrogen) atoms. The molecule has 0 unspecified atom stereocenters. The standard InChI is InChI=1S/C24H28N2O4S2/c1-17-6-4-5-7-18(17)14-19-16-31-24(25-19)26-12-10-20(11-13-26)32(27,28)21-8-9-22(29-2)23(15-21)30-3/h4-9,15-16,20H,10-14H2,1-3H3. The van der Waals surface area contributed by atoms with Gasteiger partial charge in [0.05, 0.1) is 30.1 Å². The van der Waals surface area contributed by atoms with Crippen LogP contribution in [0.4, 0.5) is 5.13 Å². The number of sulfone groups is 1. The normalized spacial score (nSPS) is 15.0. The third-order valence-corrected chi connectivity index (χ3v) is 9.22. The number of thiazole rings is 1. The number of rotatable bonds is 7. The van der Waals surface area contributed by atoms with Crippen molar-refractivity contribution in [1.29, 1.82) is 0 Å². The molecule has 1 aliphatic heterocycles. The van der Waals surface area contributed by atoms with Crippen LogP contribution in [-0.4, -0.2) is 46.0 Å². The summed E-state index contributed by atoms with van der Waals surface area (Å²) in [6, 6.07) is 13.2. The summed E-state index contributed by atoms with van der Waals surface area (Å²) in [5.74, 6) is 0.946. The summed E-state index contributed by atoms with van der Waals surface area (Å²) in [4.78, 5) is 7.30. The number of aromatic nitrogens is 1. The quantitative estimate of drug-likeness (QED) is 0.504. The molecule has 170 valence electrons. The fraction of sp³-hybridized carbons (Fsp3) is 0.375. The Kier molecular flexibility index (Phi) is 6.71. The molecule has 8 heteroatoms. The molecule has 1 saturated heterocycles. The lowest BCUT2D eigenvalue weighted by atomic mass is 10.1. The predicted octanol–water partition coefficient (Wildman–Crippen LogP) is 4.50. The highest BCUT2D eigenvalue weighted by Gasteiger charge is 2.32. The van der Waals surface area contributed by atoms with Crippen molar-refractivity contribution in [3.8, 4) is 11.5 Å². The summed E-state index contributed by atoms with van der Waals surface area (Å²) in [5, 5.41) is 2.66. The second-order valence-electron chi connectivity index (χ2n) is 7.97. The third kappa shape index (κ3) is 4.61. The van der Waals surface area contributed by atoms with Crippen molar-refractivity contribution in [2.45, 2.75) is 36.3 Å². The van der Waals surface area contributed by atoms with E-state index in [2.05, 4.69) is 35.4 Å². The van der Waals surface area contributed by atoms with Crippen LogP contribution < -0.4 is 14.4 Å². The molecule has 0 atom stereocenters. The van der Waals surface area contributed by atoms with Gasteiger partial charge in [-0.25, -0.2) is 13.4 Å². The Balaban J connectivity index is 1.42. The van der Waals surface area contributed by atoms with Crippen LogP contribution in [0.5, 0.6) is 11.5 Å². The van der Waals surface area contributed by atoms with Crippen molar-refractivity contribution in [2.24, 2.45) is 0 Å². The molecule has 0 aliphatic carbocycles. The van der Waals surface area contributed by atoms with E-state index in [1.165, 1.54) is 25.3 Å². The summed E-state index contributed by atoms with van der Waals surface area (Å²) in [6.07, 6.45) is 1.96. The number of nitrogens with zero attached hydrogens (tertiary/aromatic N) is 2. The van der Waals surface area contributed by atoms with Gasteiger partial charge in [0.15, 0.2) is 26.5 Å². The highest BCUT2D eigenvalue weighted by Crippen LogP contribution is 2.34. The van der Waals surface area contributed by atoms with Crippen molar-refractivity contribution < 1.29 is 17.9 Å². The highest BCUT2D eigenvalue weighted by molar-refractivity contribution is 7.92. The van der Waals surface area contributed by atoms with Crippen LogP contribution in [0.15, 0.2) is 52.7 Å². The minimum absolute atomic E-state index is 0.281. The van der Waals surface area contributed by atoms with Crippen LogP contribution in [0.3, 0.4) is 0 Å². The van der Waals surface area contributed by atoms with Gasteiger partial charge in [0.2, 0.25) is 0 Å². The molecule has 0 spiro atoms. The van der Waals surface area contributed by atoms with E-state index in [1.54, 1.807) is 29.5 Å². The van der Waals surface area contributed by atoms with Crippen LogP contribution in [0.1, 0.15) is 29.7 Å². The first-order chi connectivity index (χ1) is 15.4. The Hall–Kier alpha value is -2.58. The fourth-order valence-electron chi connectivity index (χ4n) is 4.07. The molecule has 6 nitrogen and oxygen atoms in total. The van der Waals surface area contributed by atoms with E-state index in [-0.39, 0.29) is 4.90 Å². The molecule has 0 N–H and O–H groups in total. The summed E-state index contributed by atoms with van der Waals surface area (Å²) in [6.45, 7) is 3.47. The lowest BCUT2D eigenvalue weighted by Crippen LogP contribution is -2.39. The fourth-order valence-corrected chi connectivity index (χ4v) is 6.69. The Bertz CT molecular complexity index is 1180. The number of anilines is 1. The molecule has 4 rings (SSSR count). The zero-order valence-electron chi connectivity index (χ0n) is 18.6. The number of hydrogen-bond acceptors (Lipinski definition) is 7. The maximum atomic E-state index is 13.2. The average Bonchev–Trinajstić information content (AvgIpc) is 3.28. The Morgan fingerprint density at radius 3 is 2.47 bits per heavy atom. The Labute approximate surface area is 193 Å². The van der Waals surface area contributed by atoms with Crippen molar-refractivity contribution >= 4 is 26.3 Å². The maximum absolute atomic E-state index is 13.2. The van der Waals surface area contributed by atoms with Crippen molar-refractivity contribution in [1.82, 2.24) is 4.98 Å². The molecular weight excluding hydrogens is 444 g/mol. The van der Waals surface area contributed by atoms with E-state index in [0.717, 1.165) is 17.2 Å². The summed E-state index contributed by atoms with van der Waals surface area (Å²) in [5.41, 5.74) is 3.60. The molecule has 1 fully saturated rings. The van der Waals surface area contributed by atoms with Gasteiger partial charge in [-0.1, -0.05) is 24.3 Å². The van der Waals surface area contributed by atoms with Gasteiger partial charge in [-0.2, -0.15) is 0 Å². The van der Waals surface area contributed by atoms with Crippen LogP contribution in [0, 0.1) is 6.92 Å². The average molecular weight is 473 g/mol. The van der Waals surface area contributed by atoms with E-state index in [9.17, 15) is 8.42 Å². The van der Waals surface area contributed by atoms with E-state index in [4.69, 9.17) is 14.5 Å². The monoisotopic (exact) mass is 472 g/mol. The molecule has 2 aromatic carbocycles. The van der Waals surface area contributed by atoms with Gasteiger partial charge in [0.1, 0.15) is 0 Å². The van der Waals surface area contributed by atoms with Crippen LogP contribution in [0.25, 0.3) is 0 Å². The molecule has 2 heterocycles. The first-order valence-electron chi connectivity index (χ1n) is 10.6. The zero-order valence-corrected chi connectivity index (χ0v) is 20.2. The molecule has 0 radical (unpaired) electrons. The molecule has 1 aromatic heterocycles. The minimum Gasteiger partial charge on any atom is -0.493 e. The van der Waals surface area contributed by atoms with E-state index in [0.29, 0.717) is 37.4 Å². The summed E-state index contributed by atoms with van der Waals surface area (Å²) < 4.78 is 36.9. The first kappa shape index (κ1) is 22.6. The molecule has 0 saturated carbocycles. The Morgan fingerprint density at radius 1 is 1.06 bits per heavy atom. The van der Waals surface area contributed by atoms with Gasteiger partial charge < -0.3 is 14.4 Å². The number of aryl methyl sites for hydroxylation is 1. The SMILES string of the molecule is COc1ccc(S(=O)(=O)C2CCN(c3nc(Cc4ccccc4C)cs3)CC2)cc1OC. The number of ether oxygens (including phenoxy) is 2. The molecule has 0 amide bonds. The van der Waals surface area contributed by atoms with Gasteiger partial charge in [-0.15, -0.1) is 11.3 Å². The van der Waals surface area contributed by atoms with E-state index >= 15 is 0 Å². The highest BCUT2D eigenvalue weighted by atomic mass is 32.2. The van der Waals surface area contributed by atoms with Crippen molar-refractivity contribution in [2.75, 3.05) is 32.2 Å². The van der Waals surface area contributed by atoms with Crippen LogP contribution >= 0.6 is 11.3 Å². The zero-order chi connectivity index (χ0) is 22.7. The smallest absolute Gasteiger partial charge is 0.185 e. The second kappa shape index (κ2) is 9.50. The van der Waals surface area contributed by atoms with E-state index in [1.807, 2.05) is 6.07 Å². The lowest BCUT2D eigenvalue weighted by Gasteiger charge is -2.31.